The normalized spacial score (nSPS) is 10.5. The quantitative estimate of drug-likeness (QED) is 0.773. The van der Waals surface area contributed by atoms with Crippen LogP contribution in [0.25, 0.3) is 0 Å². The second-order valence-electron chi connectivity index (χ2n) is 5.17. The predicted octanol–water partition coefficient (Wildman–Crippen LogP) is 4.18. The molecule has 0 aliphatic heterocycles. The molecule has 0 fully saturated rings. The largest absolute Gasteiger partial charge is 0.489 e. The molecular weight excluding hydrogens is 264 g/mol. The number of esters is 1. The molecule has 0 saturated carbocycles. The zero-order valence-electron chi connectivity index (χ0n) is 12.6. The fourth-order valence-electron chi connectivity index (χ4n) is 2.11. The Kier molecular flexibility index (Phi) is 4.99. The Bertz CT molecular complexity index is 603. The number of rotatable bonds is 5. The highest BCUT2D eigenvalue weighted by atomic mass is 16.5. The first kappa shape index (κ1) is 15.1. The average molecular weight is 284 g/mol. The van der Waals surface area contributed by atoms with Crippen LogP contribution in [0.2, 0.25) is 0 Å². The van der Waals surface area contributed by atoms with Crippen molar-refractivity contribution in [3.05, 3.63) is 65.2 Å². The molecule has 3 heteroatoms. The summed E-state index contributed by atoms with van der Waals surface area (Å²) in [6.07, 6.45) is 0. The summed E-state index contributed by atoms with van der Waals surface area (Å²) in [6, 6.07) is 15.4. The van der Waals surface area contributed by atoms with Crippen molar-refractivity contribution in [3.63, 3.8) is 0 Å². The SMILES string of the molecule is COC(=O)c1ccc(OCc2ccccc2)c(C(C)C)c1. The van der Waals surface area contributed by atoms with E-state index < -0.39 is 0 Å². The smallest absolute Gasteiger partial charge is 0.337 e. The van der Waals surface area contributed by atoms with Crippen LogP contribution in [0.3, 0.4) is 0 Å². The van der Waals surface area contributed by atoms with E-state index in [-0.39, 0.29) is 11.9 Å². The maximum Gasteiger partial charge on any atom is 0.337 e. The first-order valence-electron chi connectivity index (χ1n) is 7.00. The van der Waals surface area contributed by atoms with Crippen LogP contribution in [0.4, 0.5) is 0 Å². The van der Waals surface area contributed by atoms with Gasteiger partial charge in [0.05, 0.1) is 12.7 Å². The highest BCUT2D eigenvalue weighted by Crippen LogP contribution is 2.28. The Morgan fingerprint density at radius 2 is 1.81 bits per heavy atom. The molecule has 2 rings (SSSR count). The maximum absolute atomic E-state index is 11.6. The van der Waals surface area contributed by atoms with Gasteiger partial charge in [0.1, 0.15) is 12.4 Å². The molecule has 0 saturated heterocycles. The molecule has 0 radical (unpaired) electrons. The van der Waals surface area contributed by atoms with Gasteiger partial charge in [-0.15, -0.1) is 0 Å². The summed E-state index contributed by atoms with van der Waals surface area (Å²) in [7, 11) is 1.39. The number of hydrogen-bond donors (Lipinski definition) is 0. The Morgan fingerprint density at radius 3 is 2.43 bits per heavy atom. The highest BCUT2D eigenvalue weighted by molar-refractivity contribution is 5.89. The third-order valence-corrected chi connectivity index (χ3v) is 3.29. The molecule has 0 N–H and O–H groups in total. The van der Waals surface area contributed by atoms with Crippen LogP contribution in [-0.4, -0.2) is 13.1 Å². The Morgan fingerprint density at radius 1 is 1.10 bits per heavy atom. The molecule has 0 bridgehead atoms. The molecule has 3 nitrogen and oxygen atoms in total. The Hall–Kier alpha value is -2.29. The summed E-state index contributed by atoms with van der Waals surface area (Å²) in [4.78, 5) is 11.6. The van der Waals surface area contributed by atoms with Crippen molar-refractivity contribution < 1.29 is 14.3 Å². The van der Waals surface area contributed by atoms with Crippen molar-refractivity contribution in [3.8, 4) is 5.75 Å². The molecule has 0 atom stereocenters. The molecule has 0 heterocycles. The van der Waals surface area contributed by atoms with Crippen molar-refractivity contribution >= 4 is 5.97 Å². The van der Waals surface area contributed by atoms with E-state index in [1.807, 2.05) is 42.5 Å². The third-order valence-electron chi connectivity index (χ3n) is 3.29. The van der Waals surface area contributed by atoms with E-state index in [2.05, 4.69) is 13.8 Å². The second-order valence-corrected chi connectivity index (χ2v) is 5.17. The van der Waals surface area contributed by atoms with Crippen LogP contribution in [0.15, 0.2) is 48.5 Å². The summed E-state index contributed by atoms with van der Waals surface area (Å²) >= 11 is 0. The van der Waals surface area contributed by atoms with Crippen LogP contribution >= 0.6 is 0 Å². The summed E-state index contributed by atoms with van der Waals surface area (Å²) in [5, 5.41) is 0. The van der Waals surface area contributed by atoms with Crippen LogP contribution in [-0.2, 0) is 11.3 Å². The minimum Gasteiger partial charge on any atom is -0.489 e. The van der Waals surface area contributed by atoms with Crippen LogP contribution in [0, 0.1) is 0 Å². The lowest BCUT2D eigenvalue weighted by Gasteiger charge is -2.15. The van der Waals surface area contributed by atoms with Gasteiger partial charge in [-0.05, 0) is 35.2 Å². The summed E-state index contributed by atoms with van der Waals surface area (Å²) in [5.74, 6) is 0.744. The molecular formula is C18H20O3. The van der Waals surface area contributed by atoms with Gasteiger partial charge in [-0.2, -0.15) is 0 Å². The highest BCUT2D eigenvalue weighted by Gasteiger charge is 2.13. The van der Waals surface area contributed by atoms with Gasteiger partial charge in [0, 0.05) is 0 Å². The van der Waals surface area contributed by atoms with Crippen molar-refractivity contribution in [2.24, 2.45) is 0 Å². The first-order chi connectivity index (χ1) is 10.1. The number of methoxy groups -OCH3 is 1. The lowest BCUT2D eigenvalue weighted by molar-refractivity contribution is 0.0600. The van der Waals surface area contributed by atoms with Gasteiger partial charge in [0.2, 0.25) is 0 Å². The molecule has 0 spiro atoms. The van der Waals surface area contributed by atoms with E-state index in [0.717, 1.165) is 16.9 Å². The number of carbonyl (C=O) groups is 1. The van der Waals surface area contributed by atoms with Crippen molar-refractivity contribution in [1.82, 2.24) is 0 Å². The number of carbonyl (C=O) groups excluding carboxylic acids is 1. The van der Waals surface area contributed by atoms with Crippen LogP contribution in [0.5, 0.6) is 5.75 Å². The molecule has 21 heavy (non-hydrogen) atoms. The van der Waals surface area contributed by atoms with Gasteiger partial charge in [-0.1, -0.05) is 44.2 Å². The van der Waals surface area contributed by atoms with Gasteiger partial charge in [0.25, 0.3) is 0 Å². The monoisotopic (exact) mass is 284 g/mol. The maximum atomic E-state index is 11.6. The van der Waals surface area contributed by atoms with Crippen molar-refractivity contribution in [2.75, 3.05) is 7.11 Å². The summed E-state index contributed by atoms with van der Waals surface area (Å²) < 4.78 is 10.7. The second kappa shape index (κ2) is 6.93. The van der Waals surface area contributed by atoms with E-state index in [0.29, 0.717) is 12.2 Å². The minimum atomic E-state index is -0.327. The standard InChI is InChI=1S/C18H20O3/c1-13(2)16-11-15(18(19)20-3)9-10-17(16)21-12-14-7-5-4-6-8-14/h4-11,13H,12H2,1-3H3. The van der Waals surface area contributed by atoms with Crippen molar-refractivity contribution in [1.29, 1.82) is 0 Å². The minimum absolute atomic E-state index is 0.264. The van der Waals surface area contributed by atoms with E-state index in [9.17, 15) is 4.79 Å². The number of benzene rings is 2. The molecule has 0 aromatic heterocycles. The van der Waals surface area contributed by atoms with Crippen molar-refractivity contribution in [2.45, 2.75) is 26.4 Å². The summed E-state index contributed by atoms with van der Waals surface area (Å²) in [5.41, 5.74) is 2.67. The van der Waals surface area contributed by atoms with Crippen LogP contribution in [0.1, 0.15) is 41.3 Å². The van der Waals surface area contributed by atoms with E-state index in [1.54, 1.807) is 6.07 Å². The van der Waals surface area contributed by atoms with Crippen LogP contribution < -0.4 is 4.74 Å². The number of ether oxygens (including phenoxy) is 2. The van der Waals surface area contributed by atoms with E-state index in [4.69, 9.17) is 9.47 Å². The topological polar surface area (TPSA) is 35.5 Å². The third kappa shape index (κ3) is 3.85. The molecule has 0 aliphatic carbocycles. The summed E-state index contributed by atoms with van der Waals surface area (Å²) in [6.45, 7) is 4.66. The molecule has 0 aliphatic rings. The van der Waals surface area contributed by atoms with Gasteiger partial charge >= 0.3 is 5.97 Å². The Labute approximate surface area is 125 Å². The van der Waals surface area contributed by atoms with E-state index >= 15 is 0 Å². The molecule has 110 valence electrons. The molecule has 0 amide bonds. The lowest BCUT2D eigenvalue weighted by Crippen LogP contribution is -2.05. The van der Waals surface area contributed by atoms with E-state index in [1.165, 1.54) is 7.11 Å². The van der Waals surface area contributed by atoms with Gasteiger partial charge in [-0.3, -0.25) is 0 Å². The fourth-order valence-corrected chi connectivity index (χ4v) is 2.11. The van der Waals surface area contributed by atoms with Gasteiger partial charge in [-0.25, -0.2) is 4.79 Å². The zero-order chi connectivity index (χ0) is 15.2. The molecule has 2 aromatic carbocycles. The van der Waals surface area contributed by atoms with Gasteiger partial charge < -0.3 is 9.47 Å². The first-order valence-corrected chi connectivity index (χ1v) is 7.00. The Balaban J connectivity index is 2.20. The number of hydrogen-bond acceptors (Lipinski definition) is 3. The van der Waals surface area contributed by atoms with Gasteiger partial charge in [0.15, 0.2) is 0 Å². The predicted molar refractivity (Wildman–Crippen MR) is 82.6 cm³/mol. The zero-order valence-corrected chi connectivity index (χ0v) is 12.6. The lowest BCUT2D eigenvalue weighted by atomic mass is 9.99. The average Bonchev–Trinajstić information content (AvgIpc) is 2.52. The molecule has 0 unspecified atom stereocenters. The fraction of sp³-hybridized carbons (Fsp3) is 0.278. The molecule has 2 aromatic rings.